The first-order valence-electron chi connectivity index (χ1n) is 13.8. The van der Waals surface area contributed by atoms with Crippen LogP contribution in [0.5, 0.6) is 0 Å². The van der Waals surface area contributed by atoms with Gasteiger partial charge in [0.15, 0.2) is 11.4 Å². The van der Waals surface area contributed by atoms with Gasteiger partial charge >= 0.3 is 0 Å². The molecule has 0 radical (unpaired) electrons. The summed E-state index contributed by atoms with van der Waals surface area (Å²) in [7, 11) is 0. The highest BCUT2D eigenvalue weighted by atomic mass is 15.0. The highest BCUT2D eigenvalue weighted by Crippen LogP contribution is 2.41. The van der Waals surface area contributed by atoms with Gasteiger partial charge < -0.3 is 9.13 Å². The van der Waals surface area contributed by atoms with Gasteiger partial charge in [-0.05, 0) is 59.3 Å². The molecular weight excluding hydrogens is 512 g/mol. The fraction of sp³-hybridized carbons (Fsp3) is 0. The molecule has 8 rings (SSSR count). The van der Waals surface area contributed by atoms with Crippen LogP contribution in [-0.4, -0.2) is 9.13 Å². The summed E-state index contributed by atoms with van der Waals surface area (Å²) in [6.07, 6.45) is 0. The average Bonchev–Trinajstić information content (AvgIpc) is 3.56. The molecule has 0 N–H and O–H groups in total. The van der Waals surface area contributed by atoms with Crippen molar-refractivity contribution < 1.29 is 0 Å². The van der Waals surface area contributed by atoms with Crippen LogP contribution in [0, 0.1) is 13.1 Å². The Morgan fingerprint density at radius 2 is 0.762 bits per heavy atom. The maximum atomic E-state index is 7.60. The normalized spacial score (nSPS) is 11.3. The van der Waals surface area contributed by atoms with Crippen LogP contribution in [0.15, 0.2) is 133 Å². The first-order valence-corrected chi connectivity index (χ1v) is 13.8. The molecule has 0 aliphatic rings. The van der Waals surface area contributed by atoms with Crippen molar-refractivity contribution in [2.75, 3.05) is 0 Å². The summed E-state index contributed by atoms with van der Waals surface area (Å²) in [4.78, 5) is 7.37. The average molecular weight is 535 g/mol. The van der Waals surface area contributed by atoms with E-state index in [1.165, 1.54) is 21.8 Å². The number of para-hydroxylation sites is 4. The largest absolute Gasteiger partial charge is 0.309 e. The molecule has 0 saturated carbocycles. The molecule has 0 spiro atoms. The predicted octanol–water partition coefficient (Wildman–Crippen LogP) is 10.6. The third-order valence-electron chi connectivity index (χ3n) is 8.15. The SMILES string of the molecule is [C-]#[N+]c1ccc2c(c1)c1cc([N+]#[C-])ccc1n2-c1ccccc1-c1ccccc1-n1c2ccccc2c2ccccc21. The second-order valence-corrected chi connectivity index (χ2v) is 10.4. The zero-order chi connectivity index (χ0) is 28.2. The van der Waals surface area contributed by atoms with E-state index in [1.807, 2.05) is 36.4 Å². The van der Waals surface area contributed by atoms with Crippen LogP contribution in [0.4, 0.5) is 11.4 Å². The first kappa shape index (κ1) is 23.8. The van der Waals surface area contributed by atoms with E-state index in [-0.39, 0.29) is 0 Å². The second kappa shape index (κ2) is 9.24. The highest BCUT2D eigenvalue weighted by Gasteiger charge is 2.20. The van der Waals surface area contributed by atoms with Gasteiger partial charge in [0.2, 0.25) is 0 Å². The van der Waals surface area contributed by atoms with Crippen molar-refractivity contribution in [3.05, 3.63) is 156 Å². The van der Waals surface area contributed by atoms with Gasteiger partial charge in [0.25, 0.3) is 0 Å². The van der Waals surface area contributed by atoms with Gasteiger partial charge in [-0.2, -0.15) is 0 Å². The smallest absolute Gasteiger partial charge is 0.188 e. The Labute approximate surface area is 242 Å². The molecule has 8 aromatic rings. The highest BCUT2D eigenvalue weighted by molar-refractivity contribution is 6.12. The zero-order valence-corrected chi connectivity index (χ0v) is 22.5. The molecule has 0 aliphatic carbocycles. The van der Waals surface area contributed by atoms with Gasteiger partial charge in [-0.25, -0.2) is 9.69 Å². The molecule has 0 bridgehead atoms. The molecule has 0 atom stereocenters. The number of hydrogen-bond acceptors (Lipinski definition) is 0. The molecule has 0 amide bonds. The van der Waals surface area contributed by atoms with Gasteiger partial charge in [-0.1, -0.05) is 84.9 Å². The van der Waals surface area contributed by atoms with E-state index in [0.29, 0.717) is 11.4 Å². The molecular formula is C38H22N4. The lowest BCUT2D eigenvalue weighted by atomic mass is 10.0. The van der Waals surface area contributed by atoms with Crippen LogP contribution < -0.4 is 0 Å². The van der Waals surface area contributed by atoms with Crippen LogP contribution in [0.3, 0.4) is 0 Å². The van der Waals surface area contributed by atoms with E-state index in [0.717, 1.165) is 44.3 Å². The molecule has 6 aromatic carbocycles. The molecule has 4 nitrogen and oxygen atoms in total. The minimum absolute atomic E-state index is 0.583. The summed E-state index contributed by atoms with van der Waals surface area (Å²) >= 11 is 0. The van der Waals surface area contributed by atoms with Gasteiger partial charge in [0, 0.05) is 21.9 Å². The first-order chi connectivity index (χ1) is 20.8. The third-order valence-corrected chi connectivity index (χ3v) is 8.15. The third kappa shape index (κ3) is 3.40. The number of nitrogens with zero attached hydrogens (tertiary/aromatic N) is 4. The predicted molar refractivity (Wildman–Crippen MR) is 173 cm³/mol. The lowest BCUT2D eigenvalue weighted by Gasteiger charge is -2.18. The Balaban J connectivity index is 1.46. The minimum Gasteiger partial charge on any atom is -0.309 e. The van der Waals surface area contributed by atoms with E-state index in [2.05, 4.69) is 116 Å². The number of hydrogen-bond donors (Lipinski definition) is 0. The summed E-state index contributed by atoms with van der Waals surface area (Å²) in [6.45, 7) is 15.2. The van der Waals surface area contributed by atoms with Crippen LogP contribution in [0.1, 0.15) is 0 Å². The van der Waals surface area contributed by atoms with Crippen LogP contribution >= 0.6 is 0 Å². The Kier molecular flexibility index (Phi) is 5.22. The standard InChI is InChI=1S/C38H22N4/c1-39-25-19-21-37-31(23-25)32-24-26(40-2)20-22-38(32)42(37)36-18-10-6-14-30(36)29-13-5-9-17-35(29)41-33-15-7-3-11-27(33)28-12-4-8-16-34(28)41/h3-24H. The van der Waals surface area contributed by atoms with Crippen LogP contribution in [0.2, 0.25) is 0 Å². The van der Waals surface area contributed by atoms with Crippen LogP contribution in [-0.2, 0) is 0 Å². The van der Waals surface area contributed by atoms with Crippen molar-refractivity contribution in [3.8, 4) is 22.5 Å². The van der Waals surface area contributed by atoms with Crippen LogP contribution in [0.25, 0.3) is 75.8 Å². The molecule has 0 aliphatic heterocycles. The molecule has 0 unspecified atom stereocenters. The summed E-state index contributed by atoms with van der Waals surface area (Å²) in [6, 6.07) is 45.9. The van der Waals surface area contributed by atoms with Crippen molar-refractivity contribution in [1.82, 2.24) is 9.13 Å². The number of benzene rings is 6. The van der Waals surface area contributed by atoms with Gasteiger partial charge in [-0.3, -0.25) is 0 Å². The summed E-state index contributed by atoms with van der Waals surface area (Å²) < 4.78 is 4.64. The number of fused-ring (bicyclic) bond motifs is 6. The van der Waals surface area contributed by atoms with Crippen molar-refractivity contribution in [2.24, 2.45) is 0 Å². The maximum Gasteiger partial charge on any atom is 0.188 e. The lowest BCUT2D eigenvalue weighted by Crippen LogP contribution is -2.01. The van der Waals surface area contributed by atoms with E-state index in [9.17, 15) is 0 Å². The number of aromatic nitrogens is 2. The van der Waals surface area contributed by atoms with Crippen molar-refractivity contribution in [1.29, 1.82) is 0 Å². The Bertz CT molecular complexity index is 2320. The fourth-order valence-corrected chi connectivity index (χ4v) is 6.37. The number of rotatable bonds is 3. The Morgan fingerprint density at radius 1 is 0.381 bits per heavy atom. The van der Waals surface area contributed by atoms with Gasteiger partial charge in [-0.15, -0.1) is 0 Å². The lowest BCUT2D eigenvalue weighted by molar-refractivity contribution is 1.16. The molecule has 2 heterocycles. The molecule has 42 heavy (non-hydrogen) atoms. The molecule has 4 heteroatoms. The van der Waals surface area contributed by atoms with E-state index in [4.69, 9.17) is 13.1 Å². The van der Waals surface area contributed by atoms with Crippen molar-refractivity contribution in [2.45, 2.75) is 0 Å². The van der Waals surface area contributed by atoms with E-state index >= 15 is 0 Å². The van der Waals surface area contributed by atoms with E-state index < -0.39 is 0 Å². The second-order valence-electron chi connectivity index (χ2n) is 10.4. The minimum atomic E-state index is 0.583. The summed E-state index contributed by atoms with van der Waals surface area (Å²) in [5.74, 6) is 0. The molecule has 0 fully saturated rings. The van der Waals surface area contributed by atoms with Crippen molar-refractivity contribution in [3.63, 3.8) is 0 Å². The Hall–Kier alpha value is -6.10. The summed E-state index contributed by atoms with van der Waals surface area (Å²) in [5, 5.41) is 4.39. The molecule has 194 valence electrons. The van der Waals surface area contributed by atoms with Gasteiger partial charge in [0.1, 0.15) is 0 Å². The summed E-state index contributed by atoms with van der Waals surface area (Å²) in [5.41, 5.74) is 9.85. The fourth-order valence-electron chi connectivity index (χ4n) is 6.37. The van der Waals surface area contributed by atoms with Crippen molar-refractivity contribution >= 4 is 55.0 Å². The quantitative estimate of drug-likeness (QED) is 0.201. The maximum absolute atomic E-state index is 7.60. The molecule has 0 saturated heterocycles. The van der Waals surface area contributed by atoms with Gasteiger partial charge in [0.05, 0.1) is 46.6 Å². The monoisotopic (exact) mass is 534 g/mol. The van der Waals surface area contributed by atoms with E-state index in [1.54, 1.807) is 0 Å². The Morgan fingerprint density at radius 3 is 1.21 bits per heavy atom. The zero-order valence-electron chi connectivity index (χ0n) is 22.5. The molecule has 2 aromatic heterocycles. The topological polar surface area (TPSA) is 18.6 Å².